The number of rotatable bonds is 10. The Hall–Kier alpha value is -0.340. The number of hydrogen-bond donors (Lipinski definition) is 0. The average Bonchev–Trinajstić information content (AvgIpc) is 2.72. The maximum atomic E-state index is 6.20. The second kappa shape index (κ2) is 12.4. The van der Waals surface area contributed by atoms with Crippen LogP contribution in [0.1, 0.15) is 110 Å². The Bertz CT molecular complexity index is 420. The molecule has 0 saturated heterocycles. The fraction of sp³-hybridized carbons (Fsp3) is 0.923. The molecule has 0 aromatic rings. The highest BCUT2D eigenvalue weighted by Gasteiger charge is 2.29. The minimum absolute atomic E-state index is 0.548. The normalized spacial score (nSPS) is 32.5. The van der Waals surface area contributed by atoms with Crippen LogP contribution in [0.5, 0.6) is 0 Å². The van der Waals surface area contributed by atoms with Crippen molar-refractivity contribution < 1.29 is 9.47 Å². The molecule has 2 nitrogen and oxygen atoms in total. The molecule has 3 aliphatic carbocycles. The Kier molecular flexibility index (Phi) is 9.88. The first-order valence-corrected chi connectivity index (χ1v) is 12.6. The summed E-state index contributed by atoms with van der Waals surface area (Å²) in [6.45, 7) is 8.48. The van der Waals surface area contributed by atoms with Gasteiger partial charge in [-0.25, -0.2) is 0 Å². The van der Waals surface area contributed by atoms with E-state index in [4.69, 9.17) is 9.47 Å². The molecule has 0 amide bonds. The third-order valence-electron chi connectivity index (χ3n) is 7.83. The van der Waals surface area contributed by atoms with E-state index in [1.165, 1.54) is 108 Å². The first-order chi connectivity index (χ1) is 13.7. The Morgan fingerprint density at radius 3 is 1.64 bits per heavy atom. The summed E-state index contributed by atoms with van der Waals surface area (Å²) in [4.78, 5) is 0. The van der Waals surface area contributed by atoms with Crippen molar-refractivity contribution in [1.82, 2.24) is 0 Å². The zero-order chi connectivity index (χ0) is 19.6. The maximum absolute atomic E-state index is 6.20. The van der Waals surface area contributed by atoms with E-state index in [0.717, 1.165) is 31.0 Å². The van der Waals surface area contributed by atoms with Gasteiger partial charge in [-0.15, -0.1) is 0 Å². The number of allylic oxidation sites excluding steroid dienone is 1. The molecule has 0 radical (unpaired) electrons. The number of ether oxygens (including phenoxy) is 2. The lowest BCUT2D eigenvalue weighted by atomic mass is 9.72. The Morgan fingerprint density at radius 2 is 1.11 bits per heavy atom. The standard InChI is InChI=1S/C26H46O2/c1-21-7-11-23(12-8-21)24-13-17-26(18-14-24)28-20-6-4-3-5-19-27-25-15-9-22(2)10-16-25/h22-26H,1,3-20H2,2H3. The SMILES string of the molecule is C=C1CCC(C2CCC(OCCCCCCOC3CCC(C)CC3)CC2)CC1. The third-order valence-corrected chi connectivity index (χ3v) is 7.83. The minimum atomic E-state index is 0.548. The van der Waals surface area contributed by atoms with Crippen molar-refractivity contribution >= 4 is 0 Å². The average molecular weight is 391 g/mol. The molecule has 0 bridgehead atoms. The second-order valence-corrected chi connectivity index (χ2v) is 10.2. The van der Waals surface area contributed by atoms with Crippen molar-refractivity contribution in [2.45, 2.75) is 122 Å². The predicted molar refractivity (Wildman–Crippen MR) is 119 cm³/mol. The summed E-state index contributed by atoms with van der Waals surface area (Å²) in [5, 5.41) is 0. The van der Waals surface area contributed by atoms with Gasteiger partial charge in [0.05, 0.1) is 12.2 Å². The van der Waals surface area contributed by atoms with Crippen LogP contribution in [0, 0.1) is 17.8 Å². The van der Waals surface area contributed by atoms with Gasteiger partial charge in [-0.2, -0.15) is 0 Å². The maximum Gasteiger partial charge on any atom is 0.0575 e. The first-order valence-electron chi connectivity index (χ1n) is 12.6. The Morgan fingerprint density at radius 1 is 0.643 bits per heavy atom. The highest BCUT2D eigenvalue weighted by molar-refractivity contribution is 4.99. The molecule has 3 aliphatic rings. The van der Waals surface area contributed by atoms with Crippen LogP contribution in [0.25, 0.3) is 0 Å². The van der Waals surface area contributed by atoms with Gasteiger partial charge in [0.1, 0.15) is 0 Å². The Balaban J connectivity index is 1.12. The predicted octanol–water partition coefficient (Wildman–Crippen LogP) is 7.46. The molecule has 162 valence electrons. The fourth-order valence-electron chi connectivity index (χ4n) is 5.70. The summed E-state index contributed by atoms with van der Waals surface area (Å²) in [6, 6.07) is 0. The zero-order valence-corrected chi connectivity index (χ0v) is 18.6. The quantitative estimate of drug-likeness (QED) is 0.284. The summed E-state index contributed by atoms with van der Waals surface area (Å²) in [6.07, 6.45) is 22.2. The van der Waals surface area contributed by atoms with E-state index in [1.807, 2.05) is 0 Å². The van der Waals surface area contributed by atoms with Gasteiger partial charge in [0.15, 0.2) is 0 Å². The zero-order valence-electron chi connectivity index (χ0n) is 18.6. The largest absolute Gasteiger partial charge is 0.378 e. The van der Waals surface area contributed by atoms with E-state index in [9.17, 15) is 0 Å². The minimum Gasteiger partial charge on any atom is -0.378 e. The summed E-state index contributed by atoms with van der Waals surface area (Å²) < 4.78 is 12.3. The van der Waals surface area contributed by atoms with Crippen molar-refractivity contribution in [2.24, 2.45) is 17.8 Å². The molecule has 0 aromatic heterocycles. The number of unbranched alkanes of at least 4 members (excludes halogenated alkanes) is 3. The lowest BCUT2D eigenvalue weighted by Gasteiger charge is -2.36. The molecule has 0 aromatic carbocycles. The molecule has 3 rings (SSSR count). The van der Waals surface area contributed by atoms with Crippen LogP contribution in [-0.4, -0.2) is 25.4 Å². The second-order valence-electron chi connectivity index (χ2n) is 10.2. The van der Waals surface area contributed by atoms with E-state index in [-0.39, 0.29) is 0 Å². The molecule has 2 heteroatoms. The van der Waals surface area contributed by atoms with Gasteiger partial charge in [-0.1, -0.05) is 31.9 Å². The van der Waals surface area contributed by atoms with Crippen LogP contribution < -0.4 is 0 Å². The number of hydrogen-bond acceptors (Lipinski definition) is 2. The Labute approximate surface area is 174 Å². The van der Waals surface area contributed by atoms with Crippen molar-refractivity contribution in [2.75, 3.05) is 13.2 Å². The van der Waals surface area contributed by atoms with E-state index in [2.05, 4.69) is 13.5 Å². The van der Waals surface area contributed by atoms with Crippen LogP contribution in [0.2, 0.25) is 0 Å². The molecule has 0 spiro atoms. The van der Waals surface area contributed by atoms with Crippen molar-refractivity contribution in [3.8, 4) is 0 Å². The van der Waals surface area contributed by atoms with Gasteiger partial charge < -0.3 is 9.47 Å². The van der Waals surface area contributed by atoms with Gasteiger partial charge in [0, 0.05) is 13.2 Å². The molecule has 0 aliphatic heterocycles. The molecule has 3 fully saturated rings. The van der Waals surface area contributed by atoms with Crippen molar-refractivity contribution in [1.29, 1.82) is 0 Å². The summed E-state index contributed by atoms with van der Waals surface area (Å²) in [7, 11) is 0. The molecule has 0 N–H and O–H groups in total. The van der Waals surface area contributed by atoms with Crippen LogP contribution in [0.3, 0.4) is 0 Å². The van der Waals surface area contributed by atoms with Crippen molar-refractivity contribution in [3.05, 3.63) is 12.2 Å². The molecule has 0 heterocycles. The molecular weight excluding hydrogens is 344 g/mol. The van der Waals surface area contributed by atoms with Crippen LogP contribution in [0.15, 0.2) is 12.2 Å². The van der Waals surface area contributed by atoms with Crippen LogP contribution in [-0.2, 0) is 9.47 Å². The fourth-order valence-corrected chi connectivity index (χ4v) is 5.70. The molecule has 0 atom stereocenters. The molecule has 3 saturated carbocycles. The van der Waals surface area contributed by atoms with Gasteiger partial charge in [-0.05, 0) is 108 Å². The molecule has 28 heavy (non-hydrogen) atoms. The lowest BCUT2D eigenvalue weighted by Crippen LogP contribution is -2.27. The molecule has 0 unspecified atom stereocenters. The summed E-state index contributed by atoms with van der Waals surface area (Å²) >= 11 is 0. The summed E-state index contributed by atoms with van der Waals surface area (Å²) in [5.74, 6) is 2.87. The van der Waals surface area contributed by atoms with Gasteiger partial charge in [0.2, 0.25) is 0 Å². The van der Waals surface area contributed by atoms with Gasteiger partial charge in [0.25, 0.3) is 0 Å². The monoisotopic (exact) mass is 390 g/mol. The van der Waals surface area contributed by atoms with E-state index in [1.54, 1.807) is 0 Å². The van der Waals surface area contributed by atoms with Crippen molar-refractivity contribution in [3.63, 3.8) is 0 Å². The van der Waals surface area contributed by atoms with E-state index in [0.29, 0.717) is 12.2 Å². The molecular formula is C26H46O2. The highest BCUT2D eigenvalue weighted by Crippen LogP contribution is 2.39. The smallest absolute Gasteiger partial charge is 0.0575 e. The lowest BCUT2D eigenvalue weighted by molar-refractivity contribution is 0.00585. The van der Waals surface area contributed by atoms with E-state index >= 15 is 0 Å². The van der Waals surface area contributed by atoms with Gasteiger partial charge in [-0.3, -0.25) is 0 Å². The third kappa shape index (κ3) is 7.82. The van der Waals surface area contributed by atoms with Gasteiger partial charge >= 0.3 is 0 Å². The highest BCUT2D eigenvalue weighted by atomic mass is 16.5. The topological polar surface area (TPSA) is 18.5 Å². The van der Waals surface area contributed by atoms with Crippen LogP contribution >= 0.6 is 0 Å². The van der Waals surface area contributed by atoms with E-state index < -0.39 is 0 Å². The first kappa shape index (κ1) is 22.3. The summed E-state index contributed by atoms with van der Waals surface area (Å²) in [5.41, 5.74) is 1.49. The van der Waals surface area contributed by atoms with Crippen LogP contribution in [0.4, 0.5) is 0 Å².